The molecule has 0 aliphatic rings. The average Bonchev–Trinajstić information content (AvgIpc) is 2.25. The lowest BCUT2D eigenvalue weighted by atomic mass is 10.1. The Morgan fingerprint density at radius 1 is 1.62 bits per heavy atom. The van der Waals surface area contributed by atoms with E-state index in [1.54, 1.807) is 6.07 Å². The molecule has 2 nitrogen and oxygen atoms in total. The maximum Gasteiger partial charge on any atom is 0.127 e. The van der Waals surface area contributed by atoms with Gasteiger partial charge in [0.25, 0.3) is 0 Å². The molecule has 1 rings (SSSR count). The van der Waals surface area contributed by atoms with Crippen molar-refractivity contribution in [3.8, 4) is 5.75 Å². The standard InChI is InChI=1S/C12H15ClFNO/c1-8(6-13)7-16-12-5-10(14)3-4-11(12)9(2)15/h3-6,9H,7,15H2,1-2H3/b8-6+/t9-/m1/s1. The number of hydrogen-bond acceptors (Lipinski definition) is 2. The number of halogens is 2. The van der Waals surface area contributed by atoms with Gasteiger partial charge in [-0.2, -0.15) is 0 Å². The molecule has 1 atom stereocenters. The normalized spacial score (nSPS) is 13.7. The summed E-state index contributed by atoms with van der Waals surface area (Å²) in [6.45, 7) is 3.98. The lowest BCUT2D eigenvalue weighted by molar-refractivity contribution is 0.344. The van der Waals surface area contributed by atoms with E-state index < -0.39 is 0 Å². The van der Waals surface area contributed by atoms with E-state index in [1.807, 2.05) is 13.8 Å². The summed E-state index contributed by atoms with van der Waals surface area (Å²) in [5.41, 5.74) is 8.84. The largest absolute Gasteiger partial charge is 0.489 e. The Hall–Kier alpha value is -1.06. The average molecular weight is 244 g/mol. The summed E-state index contributed by atoms with van der Waals surface area (Å²) in [6.07, 6.45) is 0. The van der Waals surface area contributed by atoms with Crippen LogP contribution >= 0.6 is 11.6 Å². The fourth-order valence-corrected chi connectivity index (χ4v) is 1.30. The van der Waals surface area contributed by atoms with Crippen molar-refractivity contribution in [2.24, 2.45) is 5.73 Å². The highest BCUT2D eigenvalue weighted by Gasteiger charge is 2.09. The van der Waals surface area contributed by atoms with E-state index in [4.69, 9.17) is 22.1 Å². The first-order chi connectivity index (χ1) is 7.54. The second-order valence-corrected chi connectivity index (χ2v) is 3.93. The minimum atomic E-state index is -0.341. The molecule has 0 radical (unpaired) electrons. The van der Waals surface area contributed by atoms with Crippen LogP contribution in [0.2, 0.25) is 0 Å². The van der Waals surface area contributed by atoms with Gasteiger partial charge in [-0.25, -0.2) is 4.39 Å². The van der Waals surface area contributed by atoms with E-state index in [0.29, 0.717) is 12.4 Å². The van der Waals surface area contributed by atoms with Crippen molar-refractivity contribution >= 4 is 11.6 Å². The lowest BCUT2D eigenvalue weighted by Crippen LogP contribution is -2.09. The molecule has 0 spiro atoms. The van der Waals surface area contributed by atoms with Crippen LogP contribution in [0.5, 0.6) is 5.75 Å². The van der Waals surface area contributed by atoms with Gasteiger partial charge in [-0.3, -0.25) is 0 Å². The van der Waals surface area contributed by atoms with Crippen LogP contribution < -0.4 is 10.5 Å². The molecule has 0 heterocycles. The highest BCUT2D eigenvalue weighted by molar-refractivity contribution is 6.25. The van der Waals surface area contributed by atoms with Crippen LogP contribution in [0.4, 0.5) is 4.39 Å². The summed E-state index contributed by atoms with van der Waals surface area (Å²) >= 11 is 5.51. The van der Waals surface area contributed by atoms with Gasteiger partial charge in [-0.15, -0.1) is 0 Å². The van der Waals surface area contributed by atoms with E-state index in [9.17, 15) is 4.39 Å². The smallest absolute Gasteiger partial charge is 0.127 e. The zero-order chi connectivity index (χ0) is 12.1. The van der Waals surface area contributed by atoms with Crippen molar-refractivity contribution in [3.63, 3.8) is 0 Å². The summed E-state index contributed by atoms with van der Waals surface area (Å²) in [7, 11) is 0. The number of ether oxygens (including phenoxy) is 1. The van der Waals surface area contributed by atoms with Gasteiger partial charge < -0.3 is 10.5 Å². The summed E-state index contributed by atoms with van der Waals surface area (Å²) in [6, 6.07) is 4.14. The SMILES string of the molecule is C/C(=C\Cl)COc1cc(F)ccc1[C@@H](C)N. The summed E-state index contributed by atoms with van der Waals surface area (Å²) in [5.74, 6) is 0.125. The molecule has 88 valence electrons. The van der Waals surface area contributed by atoms with Gasteiger partial charge in [0.15, 0.2) is 0 Å². The van der Waals surface area contributed by atoms with E-state index in [-0.39, 0.29) is 11.9 Å². The minimum Gasteiger partial charge on any atom is -0.489 e. The topological polar surface area (TPSA) is 35.2 Å². The molecule has 0 saturated heterocycles. The van der Waals surface area contributed by atoms with Gasteiger partial charge in [-0.05, 0) is 25.5 Å². The van der Waals surface area contributed by atoms with E-state index >= 15 is 0 Å². The van der Waals surface area contributed by atoms with Crippen LogP contribution in [0.1, 0.15) is 25.5 Å². The minimum absolute atomic E-state index is 0.198. The summed E-state index contributed by atoms with van der Waals surface area (Å²) < 4.78 is 18.5. The molecule has 0 saturated carbocycles. The molecular weight excluding hydrogens is 229 g/mol. The number of hydrogen-bond donors (Lipinski definition) is 1. The first-order valence-corrected chi connectivity index (χ1v) is 5.42. The van der Waals surface area contributed by atoms with Crippen molar-refractivity contribution < 1.29 is 9.13 Å². The maximum absolute atomic E-state index is 13.1. The second-order valence-electron chi connectivity index (χ2n) is 3.71. The molecule has 0 aliphatic carbocycles. The Kier molecular flexibility index (Phi) is 4.77. The van der Waals surface area contributed by atoms with Crippen LogP contribution in [0.15, 0.2) is 29.3 Å². The molecule has 0 aliphatic heterocycles. The molecule has 2 N–H and O–H groups in total. The predicted molar refractivity (Wildman–Crippen MR) is 64.1 cm³/mol. The van der Waals surface area contributed by atoms with Gasteiger partial charge in [-0.1, -0.05) is 17.7 Å². The van der Waals surface area contributed by atoms with Gasteiger partial charge in [0, 0.05) is 23.2 Å². The number of rotatable bonds is 4. The van der Waals surface area contributed by atoms with Crippen LogP contribution in [-0.2, 0) is 0 Å². The summed E-state index contributed by atoms with van der Waals surface area (Å²) in [5, 5.41) is 0. The van der Waals surface area contributed by atoms with Gasteiger partial charge >= 0.3 is 0 Å². The van der Waals surface area contributed by atoms with E-state index in [0.717, 1.165) is 11.1 Å². The molecule has 0 unspecified atom stereocenters. The third-order valence-corrected chi connectivity index (χ3v) is 2.48. The third kappa shape index (κ3) is 3.51. The highest BCUT2D eigenvalue weighted by atomic mass is 35.5. The zero-order valence-corrected chi connectivity index (χ0v) is 10.1. The van der Waals surface area contributed by atoms with Crippen LogP contribution in [0.25, 0.3) is 0 Å². The lowest BCUT2D eigenvalue weighted by Gasteiger charge is -2.14. The first kappa shape index (κ1) is 13.0. The van der Waals surface area contributed by atoms with E-state index in [2.05, 4.69) is 0 Å². The molecular formula is C12H15ClFNO. The molecule has 0 bridgehead atoms. The Balaban J connectivity index is 2.88. The Labute approximate surface area is 99.9 Å². The molecule has 4 heteroatoms. The van der Waals surface area contributed by atoms with Crippen molar-refractivity contribution in [3.05, 3.63) is 40.7 Å². The Morgan fingerprint density at radius 3 is 2.88 bits per heavy atom. The molecule has 1 aromatic carbocycles. The van der Waals surface area contributed by atoms with Crippen LogP contribution in [0.3, 0.4) is 0 Å². The monoisotopic (exact) mass is 243 g/mol. The van der Waals surface area contributed by atoms with E-state index in [1.165, 1.54) is 17.7 Å². The molecule has 1 aromatic rings. The molecule has 0 fully saturated rings. The quantitative estimate of drug-likeness (QED) is 0.880. The molecule has 16 heavy (non-hydrogen) atoms. The van der Waals surface area contributed by atoms with Crippen molar-refractivity contribution in [1.29, 1.82) is 0 Å². The predicted octanol–water partition coefficient (Wildman–Crippen LogP) is 3.37. The van der Waals surface area contributed by atoms with Crippen molar-refractivity contribution in [1.82, 2.24) is 0 Å². The second kappa shape index (κ2) is 5.87. The Bertz CT molecular complexity index is 391. The maximum atomic E-state index is 13.1. The van der Waals surface area contributed by atoms with Crippen molar-refractivity contribution in [2.75, 3.05) is 6.61 Å². The van der Waals surface area contributed by atoms with Gasteiger partial charge in [0.1, 0.15) is 18.2 Å². The van der Waals surface area contributed by atoms with Crippen LogP contribution in [-0.4, -0.2) is 6.61 Å². The highest BCUT2D eigenvalue weighted by Crippen LogP contribution is 2.25. The summed E-state index contributed by atoms with van der Waals surface area (Å²) in [4.78, 5) is 0. The van der Waals surface area contributed by atoms with Crippen molar-refractivity contribution in [2.45, 2.75) is 19.9 Å². The Morgan fingerprint density at radius 2 is 2.31 bits per heavy atom. The molecule has 0 aromatic heterocycles. The fraction of sp³-hybridized carbons (Fsp3) is 0.333. The third-order valence-electron chi connectivity index (χ3n) is 2.11. The van der Waals surface area contributed by atoms with Gasteiger partial charge in [0.2, 0.25) is 0 Å². The first-order valence-electron chi connectivity index (χ1n) is 4.98. The number of benzene rings is 1. The fourth-order valence-electron chi connectivity index (χ4n) is 1.23. The van der Waals surface area contributed by atoms with Gasteiger partial charge in [0.05, 0.1) is 0 Å². The zero-order valence-electron chi connectivity index (χ0n) is 9.34. The van der Waals surface area contributed by atoms with Crippen LogP contribution in [0, 0.1) is 5.82 Å². The molecule has 0 amide bonds. The number of nitrogens with two attached hydrogens (primary N) is 1.